The number of ketones is 1. The van der Waals surface area contributed by atoms with Gasteiger partial charge in [-0.25, -0.2) is 0 Å². The first kappa shape index (κ1) is 15.3. The Kier molecular flexibility index (Phi) is 5.06. The standard InChI is InChI=1S/C16H22ClNO2/c1-4-20-14-9-11(2)16(17)12(3)15(14)13(19)10-18-7-5-6-8-18/h9H,4-8,10H2,1-3H3. The van der Waals surface area contributed by atoms with Crippen molar-refractivity contribution in [1.82, 2.24) is 4.90 Å². The van der Waals surface area contributed by atoms with Crippen LogP contribution < -0.4 is 4.74 Å². The van der Waals surface area contributed by atoms with Crippen molar-refractivity contribution >= 4 is 17.4 Å². The number of halogens is 1. The van der Waals surface area contributed by atoms with Crippen LogP contribution in [0.3, 0.4) is 0 Å². The molecule has 20 heavy (non-hydrogen) atoms. The van der Waals surface area contributed by atoms with Gasteiger partial charge in [-0.05, 0) is 63.9 Å². The Morgan fingerprint density at radius 3 is 2.60 bits per heavy atom. The molecule has 1 aromatic rings. The van der Waals surface area contributed by atoms with Crippen LogP contribution in [-0.4, -0.2) is 36.9 Å². The summed E-state index contributed by atoms with van der Waals surface area (Å²) in [6.45, 7) is 8.78. The number of hydrogen-bond acceptors (Lipinski definition) is 3. The van der Waals surface area contributed by atoms with Crippen molar-refractivity contribution in [2.45, 2.75) is 33.6 Å². The topological polar surface area (TPSA) is 29.5 Å². The van der Waals surface area contributed by atoms with E-state index < -0.39 is 0 Å². The van der Waals surface area contributed by atoms with Crippen molar-refractivity contribution < 1.29 is 9.53 Å². The second-order valence-electron chi connectivity index (χ2n) is 5.35. The molecule has 0 saturated carbocycles. The van der Waals surface area contributed by atoms with Gasteiger partial charge in [0.05, 0.1) is 18.7 Å². The van der Waals surface area contributed by atoms with E-state index in [1.807, 2.05) is 26.8 Å². The lowest BCUT2D eigenvalue weighted by Gasteiger charge is -2.18. The van der Waals surface area contributed by atoms with Crippen molar-refractivity contribution in [2.24, 2.45) is 0 Å². The zero-order valence-corrected chi connectivity index (χ0v) is 13.2. The molecule has 0 amide bonds. The molecule has 4 heteroatoms. The summed E-state index contributed by atoms with van der Waals surface area (Å²) in [7, 11) is 0. The molecule has 0 aliphatic carbocycles. The molecule has 0 unspecified atom stereocenters. The Morgan fingerprint density at radius 2 is 2.00 bits per heavy atom. The molecule has 1 fully saturated rings. The maximum atomic E-state index is 12.6. The number of nitrogens with zero attached hydrogens (tertiary/aromatic N) is 1. The fourth-order valence-electron chi connectivity index (χ4n) is 2.76. The van der Waals surface area contributed by atoms with Gasteiger partial charge < -0.3 is 4.74 Å². The lowest BCUT2D eigenvalue weighted by molar-refractivity contribution is 0.0941. The van der Waals surface area contributed by atoms with E-state index in [0.717, 1.165) is 24.2 Å². The molecule has 0 spiro atoms. The van der Waals surface area contributed by atoms with Gasteiger partial charge in [-0.3, -0.25) is 9.69 Å². The molecule has 1 aliphatic rings. The molecule has 0 bridgehead atoms. The van der Waals surface area contributed by atoms with Crippen molar-refractivity contribution in [3.63, 3.8) is 0 Å². The van der Waals surface area contributed by atoms with Crippen molar-refractivity contribution in [3.05, 3.63) is 27.8 Å². The Labute approximate surface area is 125 Å². The largest absolute Gasteiger partial charge is 0.493 e. The molecule has 1 heterocycles. The van der Waals surface area contributed by atoms with E-state index in [4.69, 9.17) is 16.3 Å². The normalized spacial score (nSPS) is 15.6. The third kappa shape index (κ3) is 3.15. The zero-order valence-electron chi connectivity index (χ0n) is 12.5. The Balaban J connectivity index is 2.32. The number of ether oxygens (including phenoxy) is 1. The van der Waals surface area contributed by atoms with Gasteiger partial charge >= 0.3 is 0 Å². The van der Waals surface area contributed by atoms with Crippen LogP contribution in [0.1, 0.15) is 41.3 Å². The first-order chi connectivity index (χ1) is 9.54. The van der Waals surface area contributed by atoms with Crippen molar-refractivity contribution in [1.29, 1.82) is 0 Å². The number of carbonyl (C=O) groups is 1. The van der Waals surface area contributed by atoms with Crippen LogP contribution in [-0.2, 0) is 0 Å². The SMILES string of the molecule is CCOc1cc(C)c(Cl)c(C)c1C(=O)CN1CCCC1. The number of Topliss-reactive ketones (excluding diaryl/α,β-unsaturated/α-hetero) is 1. The summed E-state index contributed by atoms with van der Waals surface area (Å²) in [5, 5.41) is 0.665. The summed E-state index contributed by atoms with van der Waals surface area (Å²) >= 11 is 6.29. The zero-order chi connectivity index (χ0) is 14.7. The van der Waals surface area contributed by atoms with Gasteiger partial charge in [-0.2, -0.15) is 0 Å². The number of aryl methyl sites for hydroxylation is 1. The van der Waals surface area contributed by atoms with Crippen LogP contribution in [0.15, 0.2) is 6.07 Å². The van der Waals surface area contributed by atoms with E-state index in [1.165, 1.54) is 12.8 Å². The maximum Gasteiger partial charge on any atom is 0.180 e. The van der Waals surface area contributed by atoms with E-state index in [1.54, 1.807) is 0 Å². The Morgan fingerprint density at radius 1 is 1.35 bits per heavy atom. The molecule has 2 rings (SSSR count). The van der Waals surface area contributed by atoms with E-state index in [-0.39, 0.29) is 5.78 Å². The molecular formula is C16H22ClNO2. The molecule has 110 valence electrons. The molecule has 0 atom stereocenters. The summed E-state index contributed by atoms with van der Waals surface area (Å²) in [6.07, 6.45) is 2.36. The van der Waals surface area contributed by atoms with E-state index >= 15 is 0 Å². The summed E-state index contributed by atoms with van der Waals surface area (Å²) < 4.78 is 5.64. The van der Waals surface area contributed by atoms with Gasteiger partial charge in [-0.15, -0.1) is 0 Å². The lowest BCUT2D eigenvalue weighted by Crippen LogP contribution is -2.27. The van der Waals surface area contributed by atoms with Crippen LogP contribution in [0.25, 0.3) is 0 Å². The van der Waals surface area contributed by atoms with Gasteiger partial charge in [0.2, 0.25) is 0 Å². The highest BCUT2D eigenvalue weighted by Crippen LogP contribution is 2.32. The maximum absolute atomic E-state index is 12.6. The fourth-order valence-corrected chi connectivity index (χ4v) is 2.91. The first-order valence-electron chi connectivity index (χ1n) is 7.22. The molecule has 1 aromatic carbocycles. The number of rotatable bonds is 5. The van der Waals surface area contributed by atoms with Gasteiger partial charge in [0.25, 0.3) is 0 Å². The third-order valence-corrected chi connectivity index (χ3v) is 4.37. The second kappa shape index (κ2) is 6.59. The quantitative estimate of drug-likeness (QED) is 0.777. The highest BCUT2D eigenvalue weighted by molar-refractivity contribution is 6.32. The Bertz CT molecular complexity index is 508. The number of hydrogen-bond donors (Lipinski definition) is 0. The lowest BCUT2D eigenvalue weighted by atomic mass is 10.00. The summed E-state index contributed by atoms with van der Waals surface area (Å²) in [6, 6.07) is 1.87. The summed E-state index contributed by atoms with van der Waals surface area (Å²) in [5.41, 5.74) is 2.43. The van der Waals surface area contributed by atoms with Crippen molar-refractivity contribution in [2.75, 3.05) is 26.2 Å². The van der Waals surface area contributed by atoms with Gasteiger partial charge in [0.15, 0.2) is 5.78 Å². The molecule has 0 N–H and O–H groups in total. The first-order valence-corrected chi connectivity index (χ1v) is 7.60. The molecule has 1 aliphatic heterocycles. The van der Waals surface area contributed by atoms with Crippen LogP contribution in [0.4, 0.5) is 0 Å². The van der Waals surface area contributed by atoms with Crippen LogP contribution in [0.2, 0.25) is 5.02 Å². The van der Waals surface area contributed by atoms with Gasteiger partial charge in [0.1, 0.15) is 5.75 Å². The molecule has 1 saturated heterocycles. The third-order valence-electron chi connectivity index (χ3n) is 3.79. The molecular weight excluding hydrogens is 274 g/mol. The van der Waals surface area contributed by atoms with Crippen LogP contribution in [0, 0.1) is 13.8 Å². The van der Waals surface area contributed by atoms with Gasteiger partial charge in [0, 0.05) is 5.02 Å². The number of likely N-dealkylation sites (tertiary alicyclic amines) is 1. The number of carbonyl (C=O) groups excluding carboxylic acids is 1. The fraction of sp³-hybridized carbons (Fsp3) is 0.562. The van der Waals surface area contributed by atoms with Crippen LogP contribution in [0.5, 0.6) is 5.75 Å². The predicted octanol–water partition coefficient (Wildman–Crippen LogP) is 3.63. The van der Waals surface area contributed by atoms with E-state index in [0.29, 0.717) is 29.5 Å². The minimum Gasteiger partial charge on any atom is -0.493 e. The smallest absolute Gasteiger partial charge is 0.180 e. The Hall–Kier alpha value is -1.06. The molecule has 0 aromatic heterocycles. The molecule has 0 radical (unpaired) electrons. The number of benzene rings is 1. The monoisotopic (exact) mass is 295 g/mol. The second-order valence-corrected chi connectivity index (χ2v) is 5.72. The average Bonchev–Trinajstić information content (AvgIpc) is 2.89. The summed E-state index contributed by atoms with van der Waals surface area (Å²) in [5.74, 6) is 0.769. The average molecular weight is 296 g/mol. The highest BCUT2D eigenvalue weighted by Gasteiger charge is 2.22. The van der Waals surface area contributed by atoms with E-state index in [9.17, 15) is 4.79 Å². The summed E-state index contributed by atoms with van der Waals surface area (Å²) in [4.78, 5) is 14.8. The van der Waals surface area contributed by atoms with Crippen molar-refractivity contribution in [3.8, 4) is 5.75 Å². The molecule has 3 nitrogen and oxygen atoms in total. The minimum atomic E-state index is 0.106. The van der Waals surface area contributed by atoms with Gasteiger partial charge in [-0.1, -0.05) is 11.6 Å². The highest BCUT2D eigenvalue weighted by atomic mass is 35.5. The van der Waals surface area contributed by atoms with E-state index in [2.05, 4.69) is 4.90 Å². The van der Waals surface area contributed by atoms with Crippen LogP contribution >= 0.6 is 11.6 Å². The minimum absolute atomic E-state index is 0.106. The predicted molar refractivity (Wildman–Crippen MR) is 82.1 cm³/mol.